The average molecular weight is 424 g/mol. The fraction of sp³-hybridized carbons (Fsp3) is 0.150. The maximum absolute atomic E-state index is 12.4. The number of rotatable bonds is 6. The van der Waals surface area contributed by atoms with E-state index in [-0.39, 0.29) is 16.2 Å². The molecule has 1 amide bonds. The Morgan fingerprint density at radius 3 is 2.83 bits per heavy atom. The van der Waals surface area contributed by atoms with Crippen molar-refractivity contribution in [3.8, 4) is 11.3 Å². The highest BCUT2D eigenvalue weighted by Gasteiger charge is 2.09. The molecule has 0 aliphatic rings. The molecule has 4 rings (SSSR count). The lowest BCUT2D eigenvalue weighted by Crippen LogP contribution is -2.25. The van der Waals surface area contributed by atoms with E-state index >= 15 is 0 Å². The van der Waals surface area contributed by atoms with Crippen molar-refractivity contribution in [1.29, 1.82) is 0 Å². The van der Waals surface area contributed by atoms with Crippen LogP contribution in [0.5, 0.6) is 0 Å². The normalized spacial score (nSPS) is 10.9. The van der Waals surface area contributed by atoms with Crippen LogP contribution < -0.4 is 10.9 Å². The van der Waals surface area contributed by atoms with E-state index in [0.717, 1.165) is 29.1 Å². The molecule has 4 aromatic rings. The Morgan fingerprint density at radius 1 is 1.17 bits per heavy atom. The average Bonchev–Trinajstić information content (AvgIpc) is 3.20. The van der Waals surface area contributed by atoms with Crippen molar-refractivity contribution in [3.05, 3.63) is 73.8 Å². The van der Waals surface area contributed by atoms with Gasteiger partial charge in [0, 0.05) is 41.9 Å². The number of benzene rings is 1. The van der Waals surface area contributed by atoms with Gasteiger partial charge in [-0.3, -0.25) is 19.6 Å². The van der Waals surface area contributed by atoms with E-state index in [0.29, 0.717) is 23.0 Å². The Morgan fingerprint density at radius 2 is 2.00 bits per heavy atom. The number of carbonyl (C=O) groups excluding carboxylic acids is 1. The highest BCUT2D eigenvalue weighted by atomic mass is 32.1. The van der Waals surface area contributed by atoms with Crippen LogP contribution in [-0.4, -0.2) is 32.4 Å². The lowest BCUT2D eigenvalue weighted by molar-refractivity contribution is 0.0953. The van der Waals surface area contributed by atoms with E-state index < -0.39 is 0 Å². The summed E-state index contributed by atoms with van der Waals surface area (Å²) in [5.41, 5.74) is 2.73. The molecule has 1 aromatic carbocycles. The zero-order valence-corrected chi connectivity index (χ0v) is 16.9. The fourth-order valence-corrected chi connectivity index (χ4v) is 3.99. The fourth-order valence-electron chi connectivity index (χ4n) is 2.94. The van der Waals surface area contributed by atoms with E-state index in [4.69, 9.17) is 12.2 Å². The van der Waals surface area contributed by atoms with Gasteiger partial charge in [0.15, 0.2) is 4.77 Å². The quantitative estimate of drug-likeness (QED) is 0.325. The zero-order valence-electron chi connectivity index (χ0n) is 15.3. The number of aromatic nitrogens is 4. The summed E-state index contributed by atoms with van der Waals surface area (Å²) in [7, 11) is 0. The second-order valence-electron chi connectivity index (χ2n) is 6.39. The first-order chi connectivity index (χ1) is 14.1. The molecule has 0 saturated carbocycles. The van der Waals surface area contributed by atoms with Crippen molar-refractivity contribution >= 4 is 40.4 Å². The molecular weight excluding hydrogens is 406 g/mol. The molecule has 0 atom stereocenters. The summed E-state index contributed by atoms with van der Waals surface area (Å²) < 4.78 is 0.231. The number of pyridine rings is 1. The summed E-state index contributed by atoms with van der Waals surface area (Å²) in [5, 5.41) is 6.43. The largest absolute Gasteiger partial charge is 0.352 e. The van der Waals surface area contributed by atoms with Crippen molar-refractivity contribution in [2.24, 2.45) is 0 Å². The summed E-state index contributed by atoms with van der Waals surface area (Å²) in [6, 6.07) is 8.75. The summed E-state index contributed by atoms with van der Waals surface area (Å²) in [6.45, 7) is 0.534. The minimum absolute atomic E-state index is 0.192. The van der Waals surface area contributed by atoms with Crippen molar-refractivity contribution in [2.45, 2.75) is 12.8 Å². The van der Waals surface area contributed by atoms with Crippen LogP contribution in [-0.2, 0) is 6.42 Å². The number of hydrogen-bond acceptors (Lipinski definition) is 6. The number of nitrogens with one attached hydrogen (secondary N) is 3. The predicted octanol–water partition coefficient (Wildman–Crippen LogP) is 3.47. The molecule has 0 aliphatic heterocycles. The Hall–Kier alpha value is -3.17. The van der Waals surface area contributed by atoms with Crippen molar-refractivity contribution in [1.82, 2.24) is 25.3 Å². The summed E-state index contributed by atoms with van der Waals surface area (Å²) in [6.07, 6.45) is 5.07. The van der Waals surface area contributed by atoms with Crippen LogP contribution in [0.1, 0.15) is 21.8 Å². The van der Waals surface area contributed by atoms with Crippen LogP contribution in [0, 0.1) is 4.77 Å². The number of aryl methyl sites for hydroxylation is 1. The van der Waals surface area contributed by atoms with Crippen LogP contribution >= 0.6 is 23.6 Å². The molecule has 0 unspecified atom stereocenters. The van der Waals surface area contributed by atoms with Gasteiger partial charge in [0.05, 0.1) is 21.6 Å². The lowest BCUT2D eigenvalue weighted by atomic mass is 10.1. The van der Waals surface area contributed by atoms with Gasteiger partial charge in [0.2, 0.25) is 0 Å². The third kappa shape index (κ3) is 4.47. The lowest BCUT2D eigenvalue weighted by Gasteiger charge is -2.06. The summed E-state index contributed by atoms with van der Waals surface area (Å²) >= 11 is 6.59. The molecule has 0 fully saturated rings. The van der Waals surface area contributed by atoms with Crippen molar-refractivity contribution in [2.75, 3.05) is 6.54 Å². The zero-order chi connectivity index (χ0) is 20.2. The maximum Gasteiger partial charge on any atom is 0.259 e. The number of H-pyrrole nitrogens is 2. The highest BCUT2D eigenvalue weighted by molar-refractivity contribution is 7.71. The Labute approximate surface area is 174 Å². The monoisotopic (exact) mass is 423 g/mol. The van der Waals surface area contributed by atoms with Crippen LogP contribution in [0.4, 0.5) is 0 Å². The van der Waals surface area contributed by atoms with Crippen LogP contribution in [0.25, 0.3) is 22.2 Å². The van der Waals surface area contributed by atoms with Gasteiger partial charge in [-0.25, -0.2) is 4.98 Å². The minimum atomic E-state index is -0.273. The molecule has 3 aromatic heterocycles. The van der Waals surface area contributed by atoms with Crippen molar-refractivity contribution in [3.63, 3.8) is 0 Å². The number of carbonyl (C=O) groups is 1. The number of hydrogen-bond donors (Lipinski definition) is 3. The topological polar surface area (TPSA) is 104 Å². The maximum atomic E-state index is 12.4. The third-order valence-electron chi connectivity index (χ3n) is 4.38. The first kappa shape index (κ1) is 19.2. The molecule has 0 spiro atoms. The third-order valence-corrected chi connectivity index (χ3v) is 5.50. The SMILES string of the molecule is O=C(NCCCc1nc(-c2ccncc2)cs1)c1ccc2c(=O)[nH]c(=S)[nH]c2c1. The highest BCUT2D eigenvalue weighted by Crippen LogP contribution is 2.21. The number of fused-ring (bicyclic) bond motifs is 1. The van der Waals surface area contributed by atoms with Gasteiger partial charge in [-0.2, -0.15) is 0 Å². The van der Waals surface area contributed by atoms with Crippen molar-refractivity contribution < 1.29 is 4.79 Å². The molecule has 0 bridgehead atoms. The molecule has 0 aliphatic carbocycles. The van der Waals surface area contributed by atoms with Gasteiger partial charge < -0.3 is 10.3 Å². The van der Waals surface area contributed by atoms with E-state index in [1.165, 1.54) is 0 Å². The molecule has 0 radical (unpaired) electrons. The number of nitrogens with zero attached hydrogens (tertiary/aromatic N) is 2. The molecule has 3 heterocycles. The number of amides is 1. The van der Waals surface area contributed by atoms with Gasteiger partial charge in [-0.1, -0.05) is 0 Å². The van der Waals surface area contributed by atoms with Gasteiger partial charge >= 0.3 is 0 Å². The Balaban J connectivity index is 1.34. The molecule has 9 heteroatoms. The summed E-state index contributed by atoms with van der Waals surface area (Å²) in [4.78, 5) is 38.3. The van der Waals surface area contributed by atoms with Gasteiger partial charge in [0.25, 0.3) is 11.5 Å². The van der Waals surface area contributed by atoms with E-state index in [1.807, 2.05) is 17.5 Å². The van der Waals surface area contributed by atoms with E-state index in [1.54, 1.807) is 41.9 Å². The second kappa shape index (κ2) is 8.46. The van der Waals surface area contributed by atoms with E-state index in [9.17, 15) is 9.59 Å². The van der Waals surface area contributed by atoms with Crippen LogP contribution in [0.2, 0.25) is 0 Å². The molecule has 29 heavy (non-hydrogen) atoms. The van der Waals surface area contributed by atoms with Gasteiger partial charge in [-0.15, -0.1) is 11.3 Å². The number of thiazole rings is 1. The summed E-state index contributed by atoms with van der Waals surface area (Å²) in [5.74, 6) is -0.192. The Kier molecular flexibility index (Phi) is 5.59. The first-order valence-electron chi connectivity index (χ1n) is 8.99. The predicted molar refractivity (Wildman–Crippen MR) is 116 cm³/mol. The first-order valence-corrected chi connectivity index (χ1v) is 10.3. The second-order valence-corrected chi connectivity index (χ2v) is 7.74. The number of aromatic amines is 2. The molecule has 146 valence electrons. The molecule has 7 nitrogen and oxygen atoms in total. The molecular formula is C20H17N5O2S2. The molecule has 0 saturated heterocycles. The van der Waals surface area contributed by atoms with Crippen LogP contribution in [0.15, 0.2) is 52.9 Å². The molecule has 3 N–H and O–H groups in total. The van der Waals surface area contributed by atoms with Gasteiger partial charge in [0.1, 0.15) is 0 Å². The van der Waals surface area contributed by atoms with Crippen LogP contribution in [0.3, 0.4) is 0 Å². The van der Waals surface area contributed by atoms with E-state index in [2.05, 4.69) is 25.3 Å². The van der Waals surface area contributed by atoms with Gasteiger partial charge in [-0.05, 0) is 49.0 Å². The Bertz CT molecular complexity index is 1280. The standard InChI is InChI=1S/C20H17N5O2S2/c26-18(13-3-4-14-15(10-13)24-20(28)25-19(14)27)22-7-1-2-17-23-16(11-29-17)12-5-8-21-9-6-12/h3-6,8-11H,1-2,7H2,(H,22,26)(H2,24,25,27,28). The smallest absolute Gasteiger partial charge is 0.259 e. The minimum Gasteiger partial charge on any atom is -0.352 e.